The molecule has 3 rings (SSSR count). The first-order chi connectivity index (χ1) is 13.2. The Morgan fingerprint density at radius 3 is 2.46 bits per heavy atom. The molecule has 3 unspecified atom stereocenters. The molecule has 3 atom stereocenters. The number of benzene rings is 2. The lowest BCUT2D eigenvalue weighted by Gasteiger charge is -2.11. The van der Waals surface area contributed by atoms with Crippen LogP contribution in [0.5, 0.6) is 5.75 Å². The van der Waals surface area contributed by atoms with Gasteiger partial charge in [-0.1, -0.05) is 18.2 Å². The number of nitrogens with zero attached hydrogens (tertiary/aromatic N) is 2. The van der Waals surface area contributed by atoms with E-state index in [9.17, 15) is 17.2 Å². The second-order valence-electron chi connectivity index (χ2n) is 6.35. The van der Waals surface area contributed by atoms with Crippen molar-refractivity contribution in [3.05, 3.63) is 53.1 Å². The summed E-state index contributed by atoms with van der Waals surface area (Å²) < 4.78 is 58.4. The topological polar surface area (TPSA) is 135 Å². The molecule has 11 heteroatoms. The smallest absolute Gasteiger partial charge is 0.357 e. The maximum absolute atomic E-state index is 11.8. The zero-order valence-electron chi connectivity index (χ0n) is 15.0. The van der Waals surface area contributed by atoms with Gasteiger partial charge in [0, 0.05) is 11.3 Å². The first-order valence-electron chi connectivity index (χ1n) is 8.16. The Bertz CT molecular complexity index is 1050. The Balaban J connectivity index is 1.97. The highest BCUT2D eigenvalue weighted by Crippen LogP contribution is 2.58. The van der Waals surface area contributed by atoms with Gasteiger partial charge in [0.15, 0.2) is 0 Å². The monoisotopic (exact) mass is 426 g/mol. The predicted octanol–water partition coefficient (Wildman–Crippen LogP) is 3.67. The van der Waals surface area contributed by atoms with E-state index in [0.29, 0.717) is 28.8 Å². The van der Waals surface area contributed by atoms with Crippen LogP contribution in [-0.2, 0) is 26.3 Å². The third-order valence-corrected chi connectivity index (χ3v) is 5.66. The summed E-state index contributed by atoms with van der Waals surface area (Å²) in [5, 5.41) is 7.18. The SMILES string of the molecule is CON=Nc1ccc(C2CC2c2ccc(C)cc2S(=O)(=O)O)c(OS(=O)O)c1. The minimum atomic E-state index is -4.37. The predicted molar refractivity (Wildman–Crippen MR) is 100 cm³/mol. The summed E-state index contributed by atoms with van der Waals surface area (Å²) >= 11 is -2.55. The van der Waals surface area contributed by atoms with Crippen LogP contribution >= 0.6 is 0 Å². The Morgan fingerprint density at radius 2 is 1.82 bits per heavy atom. The highest BCUT2D eigenvalue weighted by molar-refractivity contribution is 7.85. The highest BCUT2D eigenvalue weighted by atomic mass is 32.2. The van der Waals surface area contributed by atoms with Crippen LogP contribution in [0.2, 0.25) is 0 Å². The van der Waals surface area contributed by atoms with E-state index in [0.717, 1.165) is 0 Å². The second-order valence-corrected chi connectivity index (χ2v) is 8.34. The third-order valence-electron chi connectivity index (χ3n) is 4.43. The average Bonchev–Trinajstić information content (AvgIpc) is 3.39. The van der Waals surface area contributed by atoms with Crippen molar-refractivity contribution in [2.45, 2.75) is 30.1 Å². The molecule has 150 valence electrons. The first kappa shape index (κ1) is 20.4. The first-order valence-corrected chi connectivity index (χ1v) is 10.6. The van der Waals surface area contributed by atoms with Gasteiger partial charge in [0.05, 0.1) is 10.6 Å². The fourth-order valence-electron chi connectivity index (χ4n) is 3.18. The Kier molecular flexibility index (Phi) is 5.79. The van der Waals surface area contributed by atoms with Gasteiger partial charge >= 0.3 is 11.4 Å². The van der Waals surface area contributed by atoms with Gasteiger partial charge in [-0.05, 0) is 54.0 Å². The summed E-state index contributed by atoms with van der Waals surface area (Å²) in [6.45, 7) is 1.73. The van der Waals surface area contributed by atoms with Crippen LogP contribution < -0.4 is 4.18 Å². The van der Waals surface area contributed by atoms with Crippen molar-refractivity contribution in [1.82, 2.24) is 0 Å². The molecule has 2 aromatic rings. The molecular weight excluding hydrogens is 408 g/mol. The zero-order chi connectivity index (χ0) is 20.5. The van der Waals surface area contributed by atoms with Gasteiger partial charge in [0.2, 0.25) is 0 Å². The van der Waals surface area contributed by atoms with E-state index in [1.54, 1.807) is 31.2 Å². The lowest BCUT2D eigenvalue weighted by molar-refractivity contribution is 0.190. The number of rotatable bonds is 7. The maximum Gasteiger partial charge on any atom is 0.357 e. The molecule has 2 N–H and O–H groups in total. The summed E-state index contributed by atoms with van der Waals surface area (Å²) in [5.74, 6) is -0.185. The van der Waals surface area contributed by atoms with Crippen molar-refractivity contribution in [3.63, 3.8) is 0 Å². The van der Waals surface area contributed by atoms with Gasteiger partial charge in [-0.3, -0.25) is 9.11 Å². The molecule has 1 fully saturated rings. The van der Waals surface area contributed by atoms with Gasteiger partial charge in [0.25, 0.3) is 10.1 Å². The zero-order valence-corrected chi connectivity index (χ0v) is 16.6. The van der Waals surface area contributed by atoms with Crippen LogP contribution in [0.4, 0.5) is 5.69 Å². The minimum absolute atomic E-state index is 0.126. The number of hydrogen-bond acceptors (Lipinski definition) is 7. The second kappa shape index (κ2) is 7.95. The van der Waals surface area contributed by atoms with Gasteiger partial charge in [-0.15, -0.1) is 5.11 Å². The fraction of sp³-hybridized carbons (Fsp3) is 0.294. The van der Waals surface area contributed by atoms with Gasteiger partial charge in [-0.25, -0.2) is 0 Å². The van der Waals surface area contributed by atoms with Crippen molar-refractivity contribution in [2.75, 3.05) is 7.11 Å². The van der Waals surface area contributed by atoms with Crippen molar-refractivity contribution >= 4 is 27.2 Å². The average molecular weight is 426 g/mol. The van der Waals surface area contributed by atoms with E-state index in [1.807, 2.05) is 0 Å². The lowest BCUT2D eigenvalue weighted by Crippen LogP contribution is -2.04. The molecule has 2 aromatic carbocycles. The summed E-state index contributed by atoms with van der Waals surface area (Å²) in [4.78, 5) is 4.39. The summed E-state index contributed by atoms with van der Waals surface area (Å²) in [6.07, 6.45) is 0.596. The van der Waals surface area contributed by atoms with Crippen LogP contribution in [-0.4, -0.2) is 28.8 Å². The molecule has 0 amide bonds. The maximum atomic E-state index is 11.8. The Morgan fingerprint density at radius 1 is 1.14 bits per heavy atom. The number of hydrogen-bond donors (Lipinski definition) is 2. The molecule has 28 heavy (non-hydrogen) atoms. The Labute approximate surface area is 164 Å². The molecule has 0 saturated heterocycles. The van der Waals surface area contributed by atoms with E-state index in [2.05, 4.69) is 15.2 Å². The molecule has 0 heterocycles. The fourth-order valence-corrected chi connectivity index (χ4v) is 4.33. The van der Waals surface area contributed by atoms with Crippen LogP contribution in [0.1, 0.15) is 34.9 Å². The molecule has 9 nitrogen and oxygen atoms in total. The molecule has 0 aliphatic heterocycles. The normalized spacial score (nSPS) is 20.1. The van der Waals surface area contributed by atoms with Crippen LogP contribution in [0, 0.1) is 6.92 Å². The van der Waals surface area contributed by atoms with Gasteiger partial charge in [-0.2, -0.15) is 12.6 Å². The summed E-state index contributed by atoms with van der Waals surface area (Å²) in [6, 6.07) is 9.63. The van der Waals surface area contributed by atoms with E-state index < -0.39 is 21.5 Å². The molecule has 1 aliphatic carbocycles. The minimum Gasteiger partial charge on any atom is -0.383 e. The van der Waals surface area contributed by atoms with Crippen LogP contribution in [0.15, 0.2) is 51.7 Å². The quantitative estimate of drug-likeness (QED) is 0.298. The molecular formula is C17H18N2O7S2. The van der Waals surface area contributed by atoms with Crippen LogP contribution in [0.25, 0.3) is 0 Å². The third kappa shape index (κ3) is 4.55. The van der Waals surface area contributed by atoms with Crippen molar-refractivity contribution in [1.29, 1.82) is 0 Å². The van der Waals surface area contributed by atoms with E-state index in [4.69, 9.17) is 8.74 Å². The molecule has 1 saturated carbocycles. The number of aryl methyl sites for hydroxylation is 1. The summed E-state index contributed by atoms with van der Waals surface area (Å²) in [7, 11) is -3.04. The van der Waals surface area contributed by atoms with Crippen molar-refractivity contribution in [2.24, 2.45) is 10.4 Å². The van der Waals surface area contributed by atoms with Gasteiger partial charge in [0.1, 0.15) is 12.9 Å². The van der Waals surface area contributed by atoms with Crippen molar-refractivity contribution in [3.8, 4) is 5.75 Å². The van der Waals surface area contributed by atoms with Gasteiger partial charge < -0.3 is 9.02 Å². The molecule has 0 bridgehead atoms. The van der Waals surface area contributed by atoms with E-state index in [1.165, 1.54) is 19.2 Å². The van der Waals surface area contributed by atoms with Crippen molar-refractivity contribution < 1.29 is 30.8 Å². The standard InChI is InChI=1S/C17H18N2O7S2/c1-10-3-5-13(17(7-10)28(22,23)24)15-9-14(15)12-6-4-11(18-19-25-2)8-16(12)26-27(20)21/h3-8,14-15H,9H2,1-2H3,(H,20,21)(H,22,23,24). The van der Waals surface area contributed by atoms with Crippen LogP contribution in [0.3, 0.4) is 0 Å². The van der Waals surface area contributed by atoms with E-state index >= 15 is 0 Å². The molecule has 0 aromatic heterocycles. The van der Waals surface area contributed by atoms with E-state index in [-0.39, 0.29) is 22.5 Å². The molecule has 0 radical (unpaired) electrons. The largest absolute Gasteiger partial charge is 0.383 e. The lowest BCUT2D eigenvalue weighted by atomic mass is 10.0. The molecule has 1 aliphatic rings. The Hall–Kier alpha value is -2.34. The summed E-state index contributed by atoms with van der Waals surface area (Å²) in [5.41, 5.74) is 2.20. The highest BCUT2D eigenvalue weighted by Gasteiger charge is 2.43. The molecule has 0 spiro atoms.